The molecule has 1 aliphatic rings. The molecule has 2 atom stereocenters. The summed E-state index contributed by atoms with van der Waals surface area (Å²) in [5, 5.41) is 14.1. The SMILES string of the molecule is CCc1ncnc(N2C[C@@H](Cc3cc(C)no3)[C@@H](O)C2)c1F. The number of aliphatic hydroxyl groups is 1. The molecule has 0 bridgehead atoms. The summed E-state index contributed by atoms with van der Waals surface area (Å²) in [6, 6.07) is 1.86. The third-order valence-corrected chi connectivity index (χ3v) is 4.02. The number of hydrogen-bond acceptors (Lipinski definition) is 6. The van der Waals surface area contributed by atoms with Crippen molar-refractivity contribution in [2.24, 2.45) is 5.92 Å². The molecule has 2 aromatic rings. The van der Waals surface area contributed by atoms with E-state index in [1.54, 1.807) is 4.90 Å². The summed E-state index contributed by atoms with van der Waals surface area (Å²) < 4.78 is 19.5. The minimum absolute atomic E-state index is 0.0354. The van der Waals surface area contributed by atoms with Crippen molar-refractivity contribution >= 4 is 5.82 Å². The summed E-state index contributed by atoms with van der Waals surface area (Å²) >= 11 is 0. The molecular formula is C15H19FN4O2. The van der Waals surface area contributed by atoms with Crippen LogP contribution in [-0.4, -0.2) is 39.4 Å². The molecule has 7 heteroatoms. The maximum absolute atomic E-state index is 14.3. The normalized spacial score (nSPS) is 21.5. The first-order valence-corrected chi connectivity index (χ1v) is 7.43. The van der Waals surface area contributed by atoms with E-state index in [-0.39, 0.29) is 11.7 Å². The summed E-state index contributed by atoms with van der Waals surface area (Å²) in [6.07, 6.45) is 1.91. The summed E-state index contributed by atoms with van der Waals surface area (Å²) in [7, 11) is 0. The van der Waals surface area contributed by atoms with Gasteiger partial charge in [-0.15, -0.1) is 0 Å². The lowest BCUT2D eigenvalue weighted by Gasteiger charge is -2.18. The van der Waals surface area contributed by atoms with E-state index in [1.165, 1.54) is 6.33 Å². The molecule has 1 saturated heterocycles. The molecule has 0 amide bonds. The second kappa shape index (κ2) is 6.00. The first-order valence-electron chi connectivity index (χ1n) is 7.43. The van der Waals surface area contributed by atoms with Crippen molar-refractivity contribution in [2.75, 3.05) is 18.0 Å². The van der Waals surface area contributed by atoms with Crippen LogP contribution in [0.4, 0.5) is 10.2 Å². The Morgan fingerprint density at radius 3 is 2.91 bits per heavy atom. The molecule has 6 nitrogen and oxygen atoms in total. The molecule has 3 rings (SSSR count). The van der Waals surface area contributed by atoms with Crippen LogP contribution in [0.5, 0.6) is 0 Å². The van der Waals surface area contributed by atoms with Crippen LogP contribution >= 0.6 is 0 Å². The summed E-state index contributed by atoms with van der Waals surface area (Å²) in [4.78, 5) is 9.75. The van der Waals surface area contributed by atoms with Crippen molar-refractivity contribution in [1.29, 1.82) is 0 Å². The minimum atomic E-state index is -0.551. The number of aryl methyl sites for hydroxylation is 2. The molecule has 0 aliphatic carbocycles. The Bertz CT molecular complexity index is 661. The van der Waals surface area contributed by atoms with Gasteiger partial charge in [0.1, 0.15) is 12.1 Å². The van der Waals surface area contributed by atoms with Crippen molar-refractivity contribution < 1.29 is 14.0 Å². The van der Waals surface area contributed by atoms with E-state index in [4.69, 9.17) is 4.52 Å². The number of nitrogens with zero attached hydrogens (tertiary/aromatic N) is 4. The molecule has 3 heterocycles. The molecule has 22 heavy (non-hydrogen) atoms. The number of aromatic nitrogens is 3. The van der Waals surface area contributed by atoms with E-state index in [0.29, 0.717) is 31.6 Å². The zero-order valence-electron chi connectivity index (χ0n) is 12.7. The van der Waals surface area contributed by atoms with Gasteiger partial charge in [-0.05, 0) is 13.3 Å². The molecule has 0 aromatic carbocycles. The Morgan fingerprint density at radius 2 is 2.23 bits per heavy atom. The van der Waals surface area contributed by atoms with E-state index < -0.39 is 11.9 Å². The highest BCUT2D eigenvalue weighted by Crippen LogP contribution is 2.28. The van der Waals surface area contributed by atoms with Gasteiger partial charge in [0.2, 0.25) is 0 Å². The second-order valence-corrected chi connectivity index (χ2v) is 5.68. The maximum Gasteiger partial charge on any atom is 0.187 e. The van der Waals surface area contributed by atoms with Gasteiger partial charge in [0.05, 0.1) is 17.5 Å². The van der Waals surface area contributed by atoms with Crippen molar-refractivity contribution in [2.45, 2.75) is 32.8 Å². The minimum Gasteiger partial charge on any atom is -0.391 e. The predicted octanol–water partition coefficient (Wildman–Crippen LogP) is 1.51. The fraction of sp³-hybridized carbons (Fsp3) is 0.533. The number of halogens is 1. The molecule has 118 valence electrons. The lowest BCUT2D eigenvalue weighted by Crippen LogP contribution is -2.24. The van der Waals surface area contributed by atoms with Gasteiger partial charge in [0, 0.05) is 31.5 Å². The highest BCUT2D eigenvalue weighted by Gasteiger charge is 2.34. The number of rotatable bonds is 4. The van der Waals surface area contributed by atoms with E-state index in [1.807, 2.05) is 19.9 Å². The van der Waals surface area contributed by atoms with Gasteiger partial charge in [0.25, 0.3) is 0 Å². The standard InChI is InChI=1S/C15H19FN4O2/c1-3-12-14(16)15(18-8-17-12)20-6-10(13(21)7-20)5-11-4-9(2)19-22-11/h4,8,10,13,21H,3,5-7H2,1-2H3/t10-,13+/m1/s1. The molecule has 1 aliphatic heterocycles. The summed E-state index contributed by atoms with van der Waals surface area (Å²) in [5.41, 5.74) is 1.21. The predicted molar refractivity (Wildman–Crippen MR) is 78.0 cm³/mol. The van der Waals surface area contributed by atoms with Crippen LogP contribution < -0.4 is 4.90 Å². The third kappa shape index (κ3) is 2.81. The molecule has 2 aromatic heterocycles. The van der Waals surface area contributed by atoms with Crippen LogP contribution in [0.15, 0.2) is 16.9 Å². The first-order chi connectivity index (χ1) is 10.6. The van der Waals surface area contributed by atoms with Crippen LogP contribution in [-0.2, 0) is 12.8 Å². The maximum atomic E-state index is 14.3. The van der Waals surface area contributed by atoms with Gasteiger partial charge < -0.3 is 14.5 Å². The van der Waals surface area contributed by atoms with Crippen LogP contribution in [0.1, 0.15) is 24.1 Å². The zero-order valence-corrected chi connectivity index (χ0v) is 12.7. The van der Waals surface area contributed by atoms with Gasteiger partial charge >= 0.3 is 0 Å². The highest BCUT2D eigenvalue weighted by molar-refractivity contribution is 5.43. The average molecular weight is 306 g/mol. The highest BCUT2D eigenvalue weighted by atomic mass is 19.1. The van der Waals surface area contributed by atoms with Crippen LogP contribution in [0.2, 0.25) is 0 Å². The Balaban J connectivity index is 1.75. The van der Waals surface area contributed by atoms with Gasteiger partial charge in [-0.2, -0.15) is 0 Å². The number of β-amino-alcohol motifs (C(OH)–C–C–N with tert-alkyl or cyclic N) is 1. The van der Waals surface area contributed by atoms with Crippen molar-refractivity contribution in [1.82, 2.24) is 15.1 Å². The number of anilines is 1. The molecular weight excluding hydrogens is 287 g/mol. The smallest absolute Gasteiger partial charge is 0.187 e. The van der Waals surface area contributed by atoms with E-state index in [2.05, 4.69) is 15.1 Å². The fourth-order valence-electron chi connectivity index (χ4n) is 2.86. The fourth-order valence-corrected chi connectivity index (χ4v) is 2.86. The molecule has 0 saturated carbocycles. The lowest BCUT2D eigenvalue weighted by atomic mass is 10.0. The monoisotopic (exact) mass is 306 g/mol. The second-order valence-electron chi connectivity index (χ2n) is 5.68. The Labute approximate surface area is 128 Å². The van der Waals surface area contributed by atoms with E-state index >= 15 is 0 Å². The Kier molecular flexibility index (Phi) is 4.06. The van der Waals surface area contributed by atoms with Gasteiger partial charge in [-0.25, -0.2) is 14.4 Å². The quantitative estimate of drug-likeness (QED) is 0.923. The van der Waals surface area contributed by atoms with Crippen LogP contribution in [0.25, 0.3) is 0 Å². The Morgan fingerprint density at radius 1 is 1.41 bits per heavy atom. The summed E-state index contributed by atoms with van der Waals surface area (Å²) in [6.45, 7) is 4.59. The van der Waals surface area contributed by atoms with E-state index in [0.717, 1.165) is 11.5 Å². The van der Waals surface area contributed by atoms with Crippen LogP contribution in [0, 0.1) is 18.7 Å². The largest absolute Gasteiger partial charge is 0.391 e. The molecule has 1 fully saturated rings. The number of aliphatic hydroxyl groups excluding tert-OH is 1. The average Bonchev–Trinajstić information content (AvgIpc) is 3.06. The lowest BCUT2D eigenvalue weighted by molar-refractivity contribution is 0.143. The molecule has 1 N–H and O–H groups in total. The first kappa shape index (κ1) is 14.9. The van der Waals surface area contributed by atoms with Gasteiger partial charge in [0.15, 0.2) is 11.6 Å². The van der Waals surface area contributed by atoms with Crippen molar-refractivity contribution in [3.05, 3.63) is 35.4 Å². The topological polar surface area (TPSA) is 75.3 Å². The molecule has 0 radical (unpaired) electrons. The third-order valence-electron chi connectivity index (χ3n) is 4.02. The van der Waals surface area contributed by atoms with Gasteiger partial charge in [-0.1, -0.05) is 12.1 Å². The zero-order chi connectivity index (χ0) is 15.7. The molecule has 0 unspecified atom stereocenters. The Hall–Kier alpha value is -2.02. The van der Waals surface area contributed by atoms with Gasteiger partial charge in [-0.3, -0.25) is 0 Å². The van der Waals surface area contributed by atoms with Crippen molar-refractivity contribution in [3.8, 4) is 0 Å². The number of hydrogen-bond donors (Lipinski definition) is 1. The summed E-state index contributed by atoms with van der Waals surface area (Å²) in [5.74, 6) is 0.572. The molecule has 0 spiro atoms. The van der Waals surface area contributed by atoms with E-state index in [9.17, 15) is 9.50 Å². The van der Waals surface area contributed by atoms with Crippen LogP contribution in [0.3, 0.4) is 0 Å². The van der Waals surface area contributed by atoms with Crippen molar-refractivity contribution in [3.63, 3.8) is 0 Å².